The molecule has 0 saturated heterocycles. The molecule has 46 valence electrons. The Morgan fingerprint density at radius 1 is 1.75 bits per heavy atom. The normalized spacial score (nSPS) is 8.12. The molecule has 3 heteroatoms. The van der Waals surface area contributed by atoms with Gasteiger partial charge in [-0.2, -0.15) is 13.5 Å². The van der Waals surface area contributed by atoms with Crippen LogP contribution in [0.4, 0.5) is 0 Å². The third-order valence-corrected chi connectivity index (χ3v) is 0.840. The van der Waals surface area contributed by atoms with Crippen LogP contribution in [0.5, 0.6) is 0 Å². The van der Waals surface area contributed by atoms with Crippen LogP contribution in [0.25, 0.3) is 0 Å². The molecule has 1 aromatic heterocycles. The van der Waals surface area contributed by atoms with E-state index in [1.54, 1.807) is 6.20 Å². The van der Waals surface area contributed by atoms with Crippen LogP contribution in [0.2, 0.25) is 0 Å². The second kappa shape index (κ2) is 3.55. The fraction of sp³-hybridized carbons (Fsp3) is 0.400. The zero-order valence-corrected chi connectivity index (χ0v) is 5.72. The molecular weight excluding hydrogens is 122 g/mol. The van der Waals surface area contributed by atoms with Gasteiger partial charge in [-0.1, -0.05) is 12.1 Å². The van der Waals surface area contributed by atoms with Crippen molar-refractivity contribution in [1.29, 1.82) is 0 Å². The molecule has 1 heterocycles. The van der Waals surface area contributed by atoms with Crippen LogP contribution < -0.4 is 0 Å². The van der Waals surface area contributed by atoms with Crippen molar-refractivity contribution in [3.63, 3.8) is 0 Å². The van der Waals surface area contributed by atoms with Gasteiger partial charge in [0.1, 0.15) is 5.76 Å². The topological polar surface area (TPSA) is 26.0 Å². The van der Waals surface area contributed by atoms with E-state index < -0.39 is 0 Å². The van der Waals surface area contributed by atoms with E-state index in [9.17, 15) is 0 Å². The van der Waals surface area contributed by atoms with Crippen LogP contribution in [-0.2, 0) is 6.42 Å². The van der Waals surface area contributed by atoms with E-state index >= 15 is 0 Å². The SMILES string of the molecule is CCc1ccno1.S. The van der Waals surface area contributed by atoms with Gasteiger partial charge in [0.25, 0.3) is 0 Å². The van der Waals surface area contributed by atoms with Crippen LogP contribution in [0, 0.1) is 0 Å². The van der Waals surface area contributed by atoms with Crippen molar-refractivity contribution in [2.75, 3.05) is 0 Å². The standard InChI is InChI=1S/C5H7NO.H2S/c1-2-5-3-4-6-7-5;/h3-4H,2H2,1H3;1H2. The van der Waals surface area contributed by atoms with Gasteiger partial charge in [0.2, 0.25) is 0 Å². The highest BCUT2D eigenvalue weighted by atomic mass is 32.1. The van der Waals surface area contributed by atoms with Gasteiger partial charge in [-0.3, -0.25) is 0 Å². The molecule has 8 heavy (non-hydrogen) atoms. The van der Waals surface area contributed by atoms with Crippen molar-refractivity contribution < 1.29 is 4.52 Å². The van der Waals surface area contributed by atoms with E-state index in [0.717, 1.165) is 12.2 Å². The second-order valence-corrected chi connectivity index (χ2v) is 1.33. The van der Waals surface area contributed by atoms with Crippen molar-refractivity contribution in [3.05, 3.63) is 18.0 Å². The lowest BCUT2D eigenvalue weighted by Gasteiger charge is -1.76. The maximum Gasteiger partial charge on any atom is 0.136 e. The summed E-state index contributed by atoms with van der Waals surface area (Å²) in [4.78, 5) is 0. The number of hydrogen-bond donors (Lipinski definition) is 0. The molecule has 0 aromatic carbocycles. The molecule has 0 aliphatic rings. The molecule has 1 aromatic rings. The van der Waals surface area contributed by atoms with Gasteiger partial charge in [0, 0.05) is 12.5 Å². The molecule has 0 atom stereocenters. The number of aryl methyl sites for hydroxylation is 1. The monoisotopic (exact) mass is 131 g/mol. The minimum atomic E-state index is 0. The van der Waals surface area contributed by atoms with Gasteiger partial charge in [-0.15, -0.1) is 0 Å². The Kier molecular flexibility index (Phi) is 3.35. The Morgan fingerprint density at radius 2 is 2.50 bits per heavy atom. The molecule has 2 nitrogen and oxygen atoms in total. The van der Waals surface area contributed by atoms with E-state index in [0.29, 0.717) is 0 Å². The lowest BCUT2D eigenvalue weighted by Crippen LogP contribution is -1.67. The van der Waals surface area contributed by atoms with E-state index in [-0.39, 0.29) is 13.5 Å². The van der Waals surface area contributed by atoms with E-state index in [1.807, 2.05) is 13.0 Å². The average Bonchev–Trinajstić information content (AvgIpc) is 2.14. The summed E-state index contributed by atoms with van der Waals surface area (Å²) in [5, 5.41) is 3.52. The molecule has 0 radical (unpaired) electrons. The van der Waals surface area contributed by atoms with Crippen LogP contribution in [0.15, 0.2) is 16.8 Å². The molecule has 0 unspecified atom stereocenters. The highest BCUT2D eigenvalue weighted by molar-refractivity contribution is 7.59. The summed E-state index contributed by atoms with van der Waals surface area (Å²) < 4.78 is 4.73. The minimum Gasteiger partial charge on any atom is -0.361 e. The van der Waals surface area contributed by atoms with Crippen LogP contribution in [0.3, 0.4) is 0 Å². The number of hydrogen-bond acceptors (Lipinski definition) is 2. The first-order chi connectivity index (χ1) is 3.43. The Labute approximate surface area is 55.3 Å². The highest BCUT2D eigenvalue weighted by Gasteiger charge is 1.86. The maximum absolute atomic E-state index is 4.73. The van der Waals surface area contributed by atoms with Crippen LogP contribution in [0.1, 0.15) is 12.7 Å². The van der Waals surface area contributed by atoms with E-state index in [1.165, 1.54) is 0 Å². The fourth-order valence-electron chi connectivity index (χ4n) is 0.425. The molecule has 0 bridgehead atoms. The number of nitrogens with zero attached hydrogens (tertiary/aromatic N) is 1. The highest BCUT2D eigenvalue weighted by Crippen LogP contribution is 1.94. The molecule has 0 amide bonds. The first-order valence-corrected chi connectivity index (χ1v) is 2.33. The van der Waals surface area contributed by atoms with Gasteiger partial charge in [0.05, 0.1) is 6.20 Å². The largest absolute Gasteiger partial charge is 0.361 e. The summed E-state index contributed by atoms with van der Waals surface area (Å²) in [5.41, 5.74) is 0. The third kappa shape index (κ3) is 1.58. The van der Waals surface area contributed by atoms with Crippen molar-refractivity contribution in [2.45, 2.75) is 13.3 Å². The molecule has 0 saturated carbocycles. The van der Waals surface area contributed by atoms with Crippen LogP contribution >= 0.6 is 13.5 Å². The zero-order valence-electron chi connectivity index (χ0n) is 4.72. The Hall–Kier alpha value is -0.440. The second-order valence-electron chi connectivity index (χ2n) is 1.33. The number of rotatable bonds is 1. The van der Waals surface area contributed by atoms with Crippen molar-refractivity contribution in [2.24, 2.45) is 0 Å². The molecule has 1 rings (SSSR count). The molecule has 0 aliphatic carbocycles. The van der Waals surface area contributed by atoms with Crippen molar-refractivity contribution in [3.8, 4) is 0 Å². The Bertz CT molecular complexity index is 127. The maximum atomic E-state index is 4.73. The summed E-state index contributed by atoms with van der Waals surface area (Å²) in [7, 11) is 0. The summed E-state index contributed by atoms with van der Waals surface area (Å²) in [5.74, 6) is 0.944. The Balaban J connectivity index is 0.000000490. The van der Waals surface area contributed by atoms with Gasteiger partial charge in [-0.05, 0) is 0 Å². The zero-order chi connectivity index (χ0) is 5.11. The predicted octanol–water partition coefficient (Wildman–Crippen LogP) is 1.35. The van der Waals surface area contributed by atoms with E-state index in [2.05, 4.69) is 5.16 Å². The molecule has 0 N–H and O–H groups in total. The summed E-state index contributed by atoms with van der Waals surface area (Å²) in [6, 6.07) is 1.86. The van der Waals surface area contributed by atoms with Crippen LogP contribution in [-0.4, -0.2) is 5.16 Å². The van der Waals surface area contributed by atoms with E-state index in [4.69, 9.17) is 4.52 Å². The Morgan fingerprint density at radius 3 is 2.75 bits per heavy atom. The van der Waals surface area contributed by atoms with Gasteiger partial charge < -0.3 is 4.52 Å². The van der Waals surface area contributed by atoms with Gasteiger partial charge in [0.15, 0.2) is 0 Å². The summed E-state index contributed by atoms with van der Waals surface area (Å²) in [6.07, 6.45) is 2.58. The first kappa shape index (κ1) is 7.56. The van der Waals surface area contributed by atoms with Crippen molar-refractivity contribution >= 4 is 13.5 Å². The van der Waals surface area contributed by atoms with Gasteiger partial charge in [-0.25, -0.2) is 0 Å². The quantitative estimate of drug-likeness (QED) is 0.575. The summed E-state index contributed by atoms with van der Waals surface area (Å²) in [6.45, 7) is 2.03. The molecule has 0 aliphatic heterocycles. The number of aromatic nitrogens is 1. The lowest BCUT2D eigenvalue weighted by molar-refractivity contribution is 0.387. The predicted molar refractivity (Wildman–Crippen MR) is 36.3 cm³/mol. The average molecular weight is 131 g/mol. The smallest absolute Gasteiger partial charge is 0.136 e. The minimum absolute atomic E-state index is 0. The molecule has 0 fully saturated rings. The third-order valence-electron chi connectivity index (χ3n) is 0.840. The fourth-order valence-corrected chi connectivity index (χ4v) is 0.425. The van der Waals surface area contributed by atoms with Gasteiger partial charge >= 0.3 is 0 Å². The molecular formula is C5H9NOS. The summed E-state index contributed by atoms with van der Waals surface area (Å²) >= 11 is 0. The molecule has 0 spiro atoms. The first-order valence-electron chi connectivity index (χ1n) is 2.33. The van der Waals surface area contributed by atoms with Crippen molar-refractivity contribution in [1.82, 2.24) is 5.16 Å². The lowest BCUT2D eigenvalue weighted by atomic mass is 10.4.